The number of aryl methyl sites for hydroxylation is 1. The van der Waals surface area contributed by atoms with Crippen LogP contribution in [0.4, 0.5) is 4.39 Å². The number of rotatable bonds is 6. The van der Waals surface area contributed by atoms with Crippen molar-refractivity contribution in [2.45, 2.75) is 64.5 Å². The lowest BCUT2D eigenvalue weighted by Crippen LogP contribution is -2.49. The number of ether oxygens (including phenoxy) is 1. The largest absolute Gasteiger partial charge is 0.462 e. The van der Waals surface area contributed by atoms with Gasteiger partial charge in [0.2, 0.25) is 0 Å². The Bertz CT molecular complexity index is 604. The molecule has 0 aliphatic carbocycles. The first-order valence-electron chi connectivity index (χ1n) is 9.77. The first kappa shape index (κ1) is 18.4. The summed E-state index contributed by atoms with van der Waals surface area (Å²) in [6.07, 6.45) is 5.29. The van der Waals surface area contributed by atoms with Crippen LogP contribution in [0.2, 0.25) is 0 Å². The van der Waals surface area contributed by atoms with Crippen molar-refractivity contribution in [3.8, 4) is 0 Å². The summed E-state index contributed by atoms with van der Waals surface area (Å²) in [7, 11) is 0. The third-order valence-electron chi connectivity index (χ3n) is 5.72. The summed E-state index contributed by atoms with van der Waals surface area (Å²) < 4.78 is 19.1. The Balaban J connectivity index is 1.82. The maximum Gasteiger partial charge on any atom is 0.305 e. The Morgan fingerprint density at radius 2 is 2.20 bits per heavy atom. The summed E-state index contributed by atoms with van der Waals surface area (Å²) >= 11 is 0. The van der Waals surface area contributed by atoms with Crippen molar-refractivity contribution in [1.29, 1.82) is 0 Å². The van der Waals surface area contributed by atoms with Crippen LogP contribution in [0.15, 0.2) is 18.2 Å². The number of hydrogen-bond donors (Lipinski definition) is 0. The van der Waals surface area contributed by atoms with E-state index >= 15 is 0 Å². The van der Waals surface area contributed by atoms with Crippen molar-refractivity contribution in [2.24, 2.45) is 5.92 Å². The third kappa shape index (κ3) is 4.05. The molecule has 0 bridgehead atoms. The minimum atomic E-state index is -0.422. The highest BCUT2D eigenvalue weighted by atomic mass is 19.1. The summed E-state index contributed by atoms with van der Waals surface area (Å²) in [6, 6.07) is 7.12. The zero-order valence-electron chi connectivity index (χ0n) is 15.5. The van der Waals surface area contributed by atoms with Gasteiger partial charge in [-0.1, -0.05) is 38.5 Å². The molecule has 3 atom stereocenters. The van der Waals surface area contributed by atoms with Gasteiger partial charge in [-0.05, 0) is 36.0 Å². The summed E-state index contributed by atoms with van der Waals surface area (Å²) in [5, 5.41) is 0. The Hall–Kier alpha value is -1.42. The van der Waals surface area contributed by atoms with Crippen molar-refractivity contribution in [3.05, 3.63) is 34.9 Å². The molecule has 4 heteroatoms. The summed E-state index contributed by atoms with van der Waals surface area (Å²) in [5.74, 6) is -0.416. The fourth-order valence-corrected chi connectivity index (χ4v) is 4.21. The van der Waals surface area contributed by atoms with Gasteiger partial charge in [0.25, 0.3) is 0 Å². The number of benzene rings is 1. The lowest BCUT2D eigenvalue weighted by molar-refractivity contribution is -0.157. The summed E-state index contributed by atoms with van der Waals surface area (Å²) in [5.41, 5.74) is 4.16. The number of halogens is 1. The number of hydrogen-bond acceptors (Lipinski definition) is 3. The number of nitrogens with zero attached hydrogens (tertiary/aromatic N) is 1. The minimum Gasteiger partial charge on any atom is -0.462 e. The quantitative estimate of drug-likeness (QED) is 0.721. The van der Waals surface area contributed by atoms with Gasteiger partial charge in [-0.2, -0.15) is 0 Å². The highest BCUT2D eigenvalue weighted by Gasteiger charge is 2.40. The summed E-state index contributed by atoms with van der Waals surface area (Å²) in [6.45, 7) is 5.23. The Morgan fingerprint density at radius 1 is 1.36 bits per heavy atom. The van der Waals surface area contributed by atoms with Crippen LogP contribution in [0.5, 0.6) is 0 Å². The molecule has 3 rings (SSSR count). The predicted octanol–water partition coefficient (Wildman–Crippen LogP) is 4.24. The van der Waals surface area contributed by atoms with Gasteiger partial charge in [0.1, 0.15) is 6.10 Å². The highest BCUT2D eigenvalue weighted by molar-refractivity contribution is 5.69. The molecule has 0 N–H and O–H groups in total. The molecule has 1 saturated heterocycles. The van der Waals surface area contributed by atoms with Crippen LogP contribution < -0.4 is 0 Å². The van der Waals surface area contributed by atoms with E-state index in [9.17, 15) is 9.18 Å². The van der Waals surface area contributed by atoms with Crippen LogP contribution in [0.25, 0.3) is 0 Å². The van der Waals surface area contributed by atoms with Crippen LogP contribution >= 0.6 is 0 Å². The second-order valence-corrected chi connectivity index (χ2v) is 7.43. The van der Waals surface area contributed by atoms with Crippen LogP contribution in [-0.4, -0.2) is 36.7 Å². The standard InChI is InChI=1S/C21H30FNO2/c1-3-5-6-15-7-8-16-9-10-23-14-17(13-22)20(25-21(24)4-2)12-19(23)18(16)11-15/h7-8,11,17,19-20H,3-6,9-10,12-14H2,1-2H3/t17-,19-,20-/m1/s1. The predicted molar refractivity (Wildman–Crippen MR) is 97.3 cm³/mol. The molecule has 0 amide bonds. The number of alkyl halides is 1. The fourth-order valence-electron chi connectivity index (χ4n) is 4.21. The topological polar surface area (TPSA) is 29.5 Å². The Morgan fingerprint density at radius 3 is 2.92 bits per heavy atom. The molecule has 2 aliphatic heterocycles. The van der Waals surface area contributed by atoms with Gasteiger partial charge in [0.05, 0.1) is 6.67 Å². The van der Waals surface area contributed by atoms with Crippen LogP contribution in [0.1, 0.15) is 62.3 Å². The molecule has 3 nitrogen and oxygen atoms in total. The van der Waals surface area contributed by atoms with Crippen LogP contribution in [-0.2, 0) is 22.4 Å². The SMILES string of the molecule is CCCCc1ccc2c(c1)[C@H]1C[C@@H](OC(=O)CC)[C@H](CF)CN1CC2. The van der Waals surface area contributed by atoms with E-state index in [1.54, 1.807) is 6.92 Å². The fraction of sp³-hybridized carbons (Fsp3) is 0.667. The first-order valence-corrected chi connectivity index (χ1v) is 9.77. The Kier molecular flexibility index (Phi) is 6.10. The summed E-state index contributed by atoms with van der Waals surface area (Å²) in [4.78, 5) is 14.2. The zero-order chi connectivity index (χ0) is 17.8. The molecule has 25 heavy (non-hydrogen) atoms. The number of unbranched alkanes of at least 4 members (excludes halogenated alkanes) is 1. The molecular weight excluding hydrogens is 317 g/mol. The molecule has 0 radical (unpaired) electrons. The van der Waals surface area contributed by atoms with E-state index in [0.29, 0.717) is 19.4 Å². The van der Waals surface area contributed by atoms with Crippen LogP contribution in [0, 0.1) is 5.92 Å². The molecule has 2 heterocycles. The molecule has 0 spiro atoms. The van der Waals surface area contributed by atoms with Crippen molar-refractivity contribution in [2.75, 3.05) is 19.8 Å². The van der Waals surface area contributed by atoms with E-state index < -0.39 is 6.67 Å². The second-order valence-electron chi connectivity index (χ2n) is 7.43. The molecule has 1 fully saturated rings. The lowest BCUT2D eigenvalue weighted by Gasteiger charge is -2.46. The van der Waals surface area contributed by atoms with Gasteiger partial charge < -0.3 is 4.74 Å². The molecule has 1 aromatic rings. The van der Waals surface area contributed by atoms with Crippen molar-refractivity contribution < 1.29 is 13.9 Å². The number of fused-ring (bicyclic) bond motifs is 3. The smallest absolute Gasteiger partial charge is 0.305 e. The van der Waals surface area contributed by atoms with E-state index in [1.165, 1.54) is 29.5 Å². The van der Waals surface area contributed by atoms with Crippen molar-refractivity contribution >= 4 is 5.97 Å². The van der Waals surface area contributed by atoms with Gasteiger partial charge in [-0.3, -0.25) is 14.1 Å². The van der Waals surface area contributed by atoms with Gasteiger partial charge in [-0.15, -0.1) is 0 Å². The highest BCUT2D eigenvalue weighted by Crippen LogP contribution is 2.40. The second kappa shape index (κ2) is 8.31. The maximum atomic E-state index is 13.5. The molecule has 1 aromatic carbocycles. The van der Waals surface area contributed by atoms with E-state index in [2.05, 4.69) is 30.0 Å². The number of piperidine rings is 1. The maximum absolute atomic E-state index is 13.5. The van der Waals surface area contributed by atoms with Gasteiger partial charge >= 0.3 is 5.97 Å². The molecule has 138 valence electrons. The van der Waals surface area contributed by atoms with Gasteiger partial charge in [0, 0.05) is 37.9 Å². The Labute approximate surface area is 150 Å². The normalized spacial score (nSPS) is 26.0. The first-order chi connectivity index (χ1) is 12.2. The number of carbonyl (C=O) groups is 1. The van der Waals surface area contributed by atoms with Crippen LogP contribution in [0.3, 0.4) is 0 Å². The number of esters is 1. The molecule has 2 aliphatic rings. The van der Waals surface area contributed by atoms with E-state index in [1.807, 2.05) is 0 Å². The van der Waals surface area contributed by atoms with E-state index in [-0.39, 0.29) is 24.0 Å². The molecule has 0 aromatic heterocycles. The third-order valence-corrected chi connectivity index (χ3v) is 5.72. The average molecular weight is 347 g/mol. The van der Waals surface area contributed by atoms with E-state index in [0.717, 1.165) is 19.4 Å². The monoisotopic (exact) mass is 347 g/mol. The van der Waals surface area contributed by atoms with E-state index in [4.69, 9.17) is 4.74 Å². The van der Waals surface area contributed by atoms with Gasteiger partial charge in [0.15, 0.2) is 0 Å². The molecule has 0 saturated carbocycles. The van der Waals surface area contributed by atoms with Crippen molar-refractivity contribution in [1.82, 2.24) is 4.90 Å². The molecular formula is C21H30FNO2. The average Bonchev–Trinajstić information content (AvgIpc) is 2.65. The van der Waals surface area contributed by atoms with Gasteiger partial charge in [-0.25, -0.2) is 0 Å². The molecule has 0 unspecified atom stereocenters. The van der Waals surface area contributed by atoms with Crippen molar-refractivity contribution in [3.63, 3.8) is 0 Å². The zero-order valence-corrected chi connectivity index (χ0v) is 15.5. The lowest BCUT2D eigenvalue weighted by atomic mass is 9.81. The minimum absolute atomic E-state index is 0.198. The number of carbonyl (C=O) groups excluding carboxylic acids is 1.